The summed E-state index contributed by atoms with van der Waals surface area (Å²) in [5.41, 5.74) is 2.00. The predicted molar refractivity (Wildman–Crippen MR) is 73.2 cm³/mol. The molecule has 1 heterocycles. The number of aliphatic hydroxyl groups is 1. The fourth-order valence-electron chi connectivity index (χ4n) is 2.75. The second kappa shape index (κ2) is 6.35. The molecular formula is C15H18N2O2. The van der Waals surface area contributed by atoms with Gasteiger partial charge in [-0.3, -0.25) is 4.79 Å². The number of rotatable bonds is 5. The minimum absolute atomic E-state index is 0.208. The third-order valence-electron chi connectivity index (χ3n) is 3.66. The number of aliphatic hydroxyl groups excluding tert-OH is 1. The van der Waals surface area contributed by atoms with Crippen LogP contribution in [0.1, 0.15) is 41.6 Å². The number of benzene rings is 1. The molecule has 0 aliphatic carbocycles. The smallest absolute Gasteiger partial charge is 0.150 e. The molecule has 0 spiro atoms. The summed E-state index contributed by atoms with van der Waals surface area (Å²) in [5.74, 6) is 0. The molecule has 1 atom stereocenters. The predicted octanol–water partition coefficient (Wildman–Crippen LogP) is 2.11. The summed E-state index contributed by atoms with van der Waals surface area (Å²) in [7, 11) is 0. The number of hydrogen-bond acceptors (Lipinski definition) is 4. The van der Waals surface area contributed by atoms with Gasteiger partial charge >= 0.3 is 0 Å². The van der Waals surface area contributed by atoms with Crippen LogP contribution in [0.25, 0.3) is 0 Å². The van der Waals surface area contributed by atoms with Gasteiger partial charge in [-0.25, -0.2) is 0 Å². The summed E-state index contributed by atoms with van der Waals surface area (Å²) in [6.07, 6.45) is 4.70. The van der Waals surface area contributed by atoms with Crippen LogP contribution in [0.15, 0.2) is 18.2 Å². The lowest BCUT2D eigenvalue weighted by molar-refractivity contribution is 0.112. The first-order valence-electron chi connectivity index (χ1n) is 6.67. The highest BCUT2D eigenvalue weighted by atomic mass is 16.2. The number of nitrogens with zero attached hydrogens (tertiary/aromatic N) is 2. The average molecular weight is 258 g/mol. The average Bonchev–Trinajstić information content (AvgIpc) is 2.92. The fourth-order valence-corrected chi connectivity index (χ4v) is 2.75. The Bertz CT molecular complexity index is 493. The summed E-state index contributed by atoms with van der Waals surface area (Å²) in [6, 6.07) is 7.82. The van der Waals surface area contributed by atoms with Crippen molar-refractivity contribution in [3.63, 3.8) is 0 Å². The lowest BCUT2D eigenvalue weighted by Gasteiger charge is -2.27. The van der Waals surface area contributed by atoms with E-state index in [1.165, 1.54) is 0 Å². The molecule has 4 nitrogen and oxygen atoms in total. The standard InChI is InChI=1S/C15H18N2O2/c16-10-13-9-12(11-19)5-6-15(13)17-7-1-3-14(17)4-2-8-18/h5-6,9,11,14,18H,1-4,7-8H2. The van der Waals surface area contributed by atoms with Crippen molar-refractivity contribution in [2.24, 2.45) is 0 Å². The third kappa shape index (κ3) is 2.94. The lowest BCUT2D eigenvalue weighted by atomic mass is 10.1. The Hall–Kier alpha value is -1.86. The quantitative estimate of drug-likeness (QED) is 0.822. The van der Waals surface area contributed by atoms with Gasteiger partial charge in [0, 0.05) is 24.8 Å². The van der Waals surface area contributed by atoms with Crippen LogP contribution in [0, 0.1) is 11.3 Å². The van der Waals surface area contributed by atoms with Gasteiger partial charge in [0.1, 0.15) is 12.4 Å². The van der Waals surface area contributed by atoms with E-state index >= 15 is 0 Å². The molecule has 1 aromatic rings. The first kappa shape index (κ1) is 13.6. The first-order chi connectivity index (χ1) is 9.30. The van der Waals surface area contributed by atoms with Crippen LogP contribution in [0.2, 0.25) is 0 Å². The maximum Gasteiger partial charge on any atom is 0.150 e. The van der Waals surface area contributed by atoms with Gasteiger partial charge in [0.25, 0.3) is 0 Å². The highest BCUT2D eigenvalue weighted by Gasteiger charge is 2.25. The number of carbonyl (C=O) groups is 1. The maximum absolute atomic E-state index is 10.8. The minimum Gasteiger partial charge on any atom is -0.396 e. The topological polar surface area (TPSA) is 64.3 Å². The molecule has 0 amide bonds. The molecular weight excluding hydrogens is 240 g/mol. The zero-order valence-electron chi connectivity index (χ0n) is 10.9. The molecule has 19 heavy (non-hydrogen) atoms. The van der Waals surface area contributed by atoms with E-state index in [0.29, 0.717) is 17.2 Å². The monoisotopic (exact) mass is 258 g/mol. The Labute approximate surface area is 113 Å². The SMILES string of the molecule is N#Cc1cc(C=O)ccc1N1CCCC1CCCO. The molecule has 4 heteroatoms. The lowest BCUT2D eigenvalue weighted by Crippen LogP contribution is -2.30. The van der Waals surface area contributed by atoms with Gasteiger partial charge in [0.15, 0.2) is 0 Å². The molecule has 1 aromatic carbocycles. The van der Waals surface area contributed by atoms with Gasteiger partial charge in [0.05, 0.1) is 11.3 Å². The van der Waals surface area contributed by atoms with E-state index in [0.717, 1.165) is 44.2 Å². The normalized spacial score (nSPS) is 18.3. The van der Waals surface area contributed by atoms with E-state index in [-0.39, 0.29) is 6.61 Å². The highest BCUT2D eigenvalue weighted by molar-refractivity contribution is 5.78. The van der Waals surface area contributed by atoms with E-state index in [9.17, 15) is 10.1 Å². The van der Waals surface area contributed by atoms with Crippen LogP contribution < -0.4 is 4.90 Å². The molecule has 100 valence electrons. The van der Waals surface area contributed by atoms with E-state index in [1.54, 1.807) is 12.1 Å². The highest BCUT2D eigenvalue weighted by Crippen LogP contribution is 2.30. The van der Waals surface area contributed by atoms with Crippen molar-refractivity contribution in [1.29, 1.82) is 5.26 Å². The van der Waals surface area contributed by atoms with E-state index < -0.39 is 0 Å². The van der Waals surface area contributed by atoms with Crippen molar-refractivity contribution in [1.82, 2.24) is 0 Å². The van der Waals surface area contributed by atoms with Crippen molar-refractivity contribution < 1.29 is 9.90 Å². The molecule has 1 N–H and O–H groups in total. The molecule has 0 bridgehead atoms. The Morgan fingerprint density at radius 2 is 2.37 bits per heavy atom. The van der Waals surface area contributed by atoms with E-state index in [2.05, 4.69) is 11.0 Å². The number of aldehydes is 1. The van der Waals surface area contributed by atoms with Crippen molar-refractivity contribution in [3.8, 4) is 6.07 Å². The number of hydrogen-bond donors (Lipinski definition) is 1. The Morgan fingerprint density at radius 3 is 3.05 bits per heavy atom. The van der Waals surface area contributed by atoms with Crippen LogP contribution >= 0.6 is 0 Å². The van der Waals surface area contributed by atoms with E-state index in [4.69, 9.17) is 5.11 Å². The molecule has 1 aliphatic rings. The van der Waals surface area contributed by atoms with E-state index in [1.807, 2.05) is 6.07 Å². The molecule has 0 saturated carbocycles. The summed E-state index contributed by atoms with van der Waals surface area (Å²) in [5, 5.41) is 18.2. The molecule has 1 unspecified atom stereocenters. The zero-order chi connectivity index (χ0) is 13.7. The van der Waals surface area contributed by atoms with Crippen molar-refractivity contribution in [2.45, 2.75) is 31.7 Å². The van der Waals surface area contributed by atoms with Gasteiger partial charge < -0.3 is 10.0 Å². The zero-order valence-corrected chi connectivity index (χ0v) is 10.9. The summed E-state index contributed by atoms with van der Waals surface area (Å²) in [4.78, 5) is 13.0. The van der Waals surface area contributed by atoms with Crippen molar-refractivity contribution in [2.75, 3.05) is 18.1 Å². The summed E-state index contributed by atoms with van der Waals surface area (Å²) in [6.45, 7) is 1.14. The second-order valence-corrected chi connectivity index (χ2v) is 4.86. The van der Waals surface area contributed by atoms with Crippen LogP contribution in [-0.4, -0.2) is 30.6 Å². The minimum atomic E-state index is 0.208. The summed E-state index contributed by atoms with van der Waals surface area (Å²) >= 11 is 0. The van der Waals surface area contributed by atoms with Crippen molar-refractivity contribution in [3.05, 3.63) is 29.3 Å². The Kier molecular flexibility index (Phi) is 4.53. The Balaban J connectivity index is 2.25. The van der Waals surface area contributed by atoms with Gasteiger partial charge in [-0.15, -0.1) is 0 Å². The number of anilines is 1. The number of carbonyl (C=O) groups excluding carboxylic acids is 1. The van der Waals surface area contributed by atoms with Crippen LogP contribution in [0.4, 0.5) is 5.69 Å². The first-order valence-corrected chi connectivity index (χ1v) is 6.67. The van der Waals surface area contributed by atoms with Crippen LogP contribution in [0.3, 0.4) is 0 Å². The summed E-state index contributed by atoms with van der Waals surface area (Å²) < 4.78 is 0. The molecule has 0 radical (unpaired) electrons. The fraction of sp³-hybridized carbons (Fsp3) is 0.467. The molecule has 0 aromatic heterocycles. The largest absolute Gasteiger partial charge is 0.396 e. The van der Waals surface area contributed by atoms with Crippen LogP contribution in [-0.2, 0) is 0 Å². The third-order valence-corrected chi connectivity index (χ3v) is 3.66. The molecule has 2 rings (SSSR count). The number of nitriles is 1. The molecule has 1 aliphatic heterocycles. The molecule has 1 fully saturated rings. The van der Waals surface area contributed by atoms with Crippen molar-refractivity contribution >= 4 is 12.0 Å². The van der Waals surface area contributed by atoms with Gasteiger partial charge in [-0.2, -0.15) is 5.26 Å². The van der Waals surface area contributed by atoms with Gasteiger partial charge in [-0.05, 0) is 43.9 Å². The van der Waals surface area contributed by atoms with Crippen LogP contribution in [0.5, 0.6) is 0 Å². The second-order valence-electron chi connectivity index (χ2n) is 4.86. The Morgan fingerprint density at radius 1 is 1.53 bits per heavy atom. The molecule has 1 saturated heterocycles. The van der Waals surface area contributed by atoms with Gasteiger partial charge in [-0.1, -0.05) is 0 Å². The van der Waals surface area contributed by atoms with Gasteiger partial charge in [0.2, 0.25) is 0 Å². The maximum atomic E-state index is 10.8.